The van der Waals surface area contributed by atoms with Crippen LogP contribution >= 0.6 is 27.5 Å². The van der Waals surface area contributed by atoms with Crippen LogP contribution in [0.25, 0.3) is 22.6 Å². The van der Waals surface area contributed by atoms with Crippen LogP contribution in [0.5, 0.6) is 0 Å². The van der Waals surface area contributed by atoms with Crippen LogP contribution in [0.2, 0.25) is 5.02 Å². The van der Waals surface area contributed by atoms with E-state index in [0.29, 0.717) is 32.4 Å². The lowest BCUT2D eigenvalue weighted by Crippen LogP contribution is -2.12. The van der Waals surface area contributed by atoms with E-state index in [9.17, 15) is 9.18 Å². The van der Waals surface area contributed by atoms with E-state index in [2.05, 4.69) is 26.2 Å². The number of hydrogen-bond acceptors (Lipinski definition) is 3. The number of carbonyl (C=O) groups excluding carboxylic acids is 1. The molecule has 0 bridgehead atoms. The minimum atomic E-state index is -0.433. The first-order valence-corrected chi connectivity index (χ1v) is 9.10. The van der Waals surface area contributed by atoms with Crippen molar-refractivity contribution in [1.82, 2.24) is 4.98 Å². The summed E-state index contributed by atoms with van der Waals surface area (Å²) < 4.78 is 19.6. The monoisotopic (exact) mass is 444 g/mol. The first-order valence-electron chi connectivity index (χ1n) is 7.93. The predicted molar refractivity (Wildman–Crippen MR) is 107 cm³/mol. The Morgan fingerprint density at radius 3 is 2.70 bits per heavy atom. The summed E-state index contributed by atoms with van der Waals surface area (Å²) in [5.74, 6) is -0.395. The third-order valence-corrected chi connectivity index (χ3v) is 4.93. The molecular weight excluding hydrogens is 435 g/mol. The van der Waals surface area contributed by atoms with Crippen molar-refractivity contribution >= 4 is 50.2 Å². The Bertz CT molecular complexity index is 1180. The lowest BCUT2D eigenvalue weighted by Gasteiger charge is -2.06. The molecule has 3 aromatic carbocycles. The fourth-order valence-corrected chi connectivity index (χ4v) is 3.34. The van der Waals surface area contributed by atoms with Crippen molar-refractivity contribution < 1.29 is 13.6 Å². The van der Waals surface area contributed by atoms with Gasteiger partial charge in [-0.05, 0) is 64.5 Å². The fraction of sp³-hybridized carbons (Fsp3) is 0. The second kappa shape index (κ2) is 7.13. The largest absolute Gasteiger partial charge is 0.436 e. The Hall–Kier alpha value is -2.70. The molecule has 27 heavy (non-hydrogen) atoms. The number of fused-ring (bicyclic) bond motifs is 1. The van der Waals surface area contributed by atoms with Gasteiger partial charge in [0.1, 0.15) is 11.3 Å². The Kier molecular flexibility index (Phi) is 4.68. The number of oxazole rings is 1. The molecule has 0 aliphatic rings. The summed E-state index contributed by atoms with van der Waals surface area (Å²) in [6, 6.07) is 16.3. The number of halogens is 3. The molecule has 1 heterocycles. The van der Waals surface area contributed by atoms with Gasteiger partial charge >= 0.3 is 0 Å². The van der Waals surface area contributed by atoms with Crippen molar-refractivity contribution in [2.75, 3.05) is 5.32 Å². The van der Waals surface area contributed by atoms with Crippen LogP contribution in [0, 0.1) is 5.82 Å². The molecule has 4 rings (SSSR count). The van der Waals surface area contributed by atoms with E-state index in [-0.39, 0.29) is 16.8 Å². The minimum absolute atomic E-state index is 0.212. The van der Waals surface area contributed by atoms with Gasteiger partial charge in [0.2, 0.25) is 5.89 Å². The topological polar surface area (TPSA) is 55.1 Å². The number of nitrogens with zero attached hydrogens (tertiary/aromatic N) is 1. The van der Waals surface area contributed by atoms with E-state index >= 15 is 0 Å². The molecule has 7 heteroatoms. The molecular formula is C20H11BrClFN2O2. The summed E-state index contributed by atoms with van der Waals surface area (Å²) in [6.07, 6.45) is 0. The van der Waals surface area contributed by atoms with Gasteiger partial charge in [-0.25, -0.2) is 9.37 Å². The first kappa shape index (κ1) is 17.7. The van der Waals surface area contributed by atoms with E-state index in [1.807, 2.05) is 6.07 Å². The van der Waals surface area contributed by atoms with Gasteiger partial charge in [-0.2, -0.15) is 0 Å². The van der Waals surface area contributed by atoms with Crippen molar-refractivity contribution in [2.45, 2.75) is 0 Å². The molecule has 4 nitrogen and oxygen atoms in total. The summed E-state index contributed by atoms with van der Waals surface area (Å²) in [6.45, 7) is 0. The maximum absolute atomic E-state index is 13.2. The molecule has 0 spiro atoms. The fourth-order valence-electron chi connectivity index (χ4n) is 2.63. The third kappa shape index (κ3) is 3.59. The van der Waals surface area contributed by atoms with Gasteiger partial charge in [0.05, 0.1) is 16.1 Å². The molecule has 0 atom stereocenters. The van der Waals surface area contributed by atoms with Gasteiger partial charge in [0, 0.05) is 10.2 Å². The van der Waals surface area contributed by atoms with Crippen LogP contribution in [-0.2, 0) is 0 Å². The smallest absolute Gasteiger partial charge is 0.256 e. The van der Waals surface area contributed by atoms with E-state index in [1.165, 1.54) is 18.2 Å². The van der Waals surface area contributed by atoms with Crippen molar-refractivity contribution in [3.63, 3.8) is 0 Å². The van der Waals surface area contributed by atoms with Gasteiger partial charge in [-0.1, -0.05) is 23.7 Å². The van der Waals surface area contributed by atoms with Crippen molar-refractivity contribution in [1.29, 1.82) is 0 Å². The molecule has 0 aliphatic carbocycles. The van der Waals surface area contributed by atoms with Crippen LogP contribution in [-0.4, -0.2) is 10.9 Å². The Balaban J connectivity index is 1.65. The highest BCUT2D eigenvalue weighted by atomic mass is 79.9. The molecule has 0 radical (unpaired) electrons. The van der Waals surface area contributed by atoms with Gasteiger partial charge < -0.3 is 9.73 Å². The number of nitrogens with one attached hydrogen (secondary N) is 1. The van der Waals surface area contributed by atoms with Crippen molar-refractivity contribution in [2.24, 2.45) is 0 Å². The molecule has 0 unspecified atom stereocenters. The lowest BCUT2D eigenvalue weighted by molar-refractivity contribution is 0.102. The molecule has 134 valence electrons. The van der Waals surface area contributed by atoms with Gasteiger partial charge in [0.15, 0.2) is 5.58 Å². The van der Waals surface area contributed by atoms with E-state index < -0.39 is 5.82 Å². The van der Waals surface area contributed by atoms with Gasteiger partial charge in [-0.15, -0.1) is 0 Å². The van der Waals surface area contributed by atoms with Crippen LogP contribution in [0.1, 0.15) is 10.4 Å². The number of amides is 1. The van der Waals surface area contributed by atoms with Gasteiger partial charge in [-0.3, -0.25) is 4.79 Å². The average Bonchev–Trinajstić information content (AvgIpc) is 3.05. The first-order chi connectivity index (χ1) is 13.0. The average molecular weight is 446 g/mol. The summed E-state index contributed by atoms with van der Waals surface area (Å²) in [5, 5.41) is 3.04. The second-order valence-corrected chi connectivity index (χ2v) is 7.02. The number of rotatable bonds is 3. The summed E-state index contributed by atoms with van der Waals surface area (Å²) in [5.41, 5.74) is 2.68. The molecule has 0 saturated heterocycles. The zero-order valence-electron chi connectivity index (χ0n) is 13.7. The number of anilines is 1. The summed E-state index contributed by atoms with van der Waals surface area (Å²) in [7, 11) is 0. The van der Waals surface area contributed by atoms with E-state index in [4.69, 9.17) is 16.0 Å². The Labute approximate surface area is 167 Å². The standard InChI is InChI=1S/C20H11BrClFN2O2/c21-15-4-2-1-3-13(15)19(26)24-12-6-8-18-17(10-12)25-20(27-18)14-7-5-11(23)9-16(14)22/h1-10H,(H,24,26). The van der Waals surface area contributed by atoms with Crippen LogP contribution in [0.15, 0.2) is 69.6 Å². The molecule has 0 aliphatic heterocycles. The molecule has 0 fully saturated rings. The van der Waals surface area contributed by atoms with Crippen LogP contribution in [0.3, 0.4) is 0 Å². The Morgan fingerprint density at radius 2 is 1.93 bits per heavy atom. The lowest BCUT2D eigenvalue weighted by atomic mass is 10.2. The predicted octanol–water partition coefficient (Wildman–Crippen LogP) is 6.30. The van der Waals surface area contributed by atoms with Gasteiger partial charge in [0.25, 0.3) is 5.91 Å². The third-order valence-electron chi connectivity index (χ3n) is 3.93. The second-order valence-electron chi connectivity index (χ2n) is 5.76. The highest BCUT2D eigenvalue weighted by Crippen LogP contribution is 2.31. The quantitative estimate of drug-likeness (QED) is 0.402. The van der Waals surface area contributed by atoms with Crippen molar-refractivity contribution in [3.8, 4) is 11.5 Å². The number of aromatic nitrogens is 1. The SMILES string of the molecule is O=C(Nc1ccc2oc(-c3ccc(F)cc3Cl)nc2c1)c1ccccc1Br. The summed E-state index contributed by atoms with van der Waals surface area (Å²) in [4.78, 5) is 16.8. The van der Waals surface area contributed by atoms with Crippen LogP contribution < -0.4 is 5.32 Å². The Morgan fingerprint density at radius 1 is 1.11 bits per heavy atom. The van der Waals surface area contributed by atoms with Crippen LogP contribution in [0.4, 0.5) is 10.1 Å². The normalized spacial score (nSPS) is 10.9. The zero-order chi connectivity index (χ0) is 19.0. The number of benzene rings is 3. The molecule has 0 saturated carbocycles. The minimum Gasteiger partial charge on any atom is -0.436 e. The highest BCUT2D eigenvalue weighted by Gasteiger charge is 2.14. The molecule has 1 aromatic heterocycles. The number of carbonyl (C=O) groups is 1. The highest BCUT2D eigenvalue weighted by molar-refractivity contribution is 9.10. The number of hydrogen-bond donors (Lipinski definition) is 1. The molecule has 4 aromatic rings. The van der Waals surface area contributed by atoms with E-state index in [1.54, 1.807) is 36.4 Å². The van der Waals surface area contributed by atoms with E-state index in [0.717, 1.165) is 0 Å². The maximum atomic E-state index is 13.2. The maximum Gasteiger partial charge on any atom is 0.256 e. The van der Waals surface area contributed by atoms with Crippen molar-refractivity contribution in [3.05, 3.63) is 81.5 Å². The molecule has 1 amide bonds. The molecule has 1 N–H and O–H groups in total. The zero-order valence-corrected chi connectivity index (χ0v) is 16.0. The summed E-state index contributed by atoms with van der Waals surface area (Å²) >= 11 is 9.44.